The van der Waals surface area contributed by atoms with Crippen molar-refractivity contribution in [2.24, 2.45) is 0 Å². The lowest BCUT2D eigenvalue weighted by Crippen LogP contribution is -2.11. The van der Waals surface area contributed by atoms with Crippen LogP contribution in [0.2, 0.25) is 0 Å². The standard InChI is InChI=1S/C10H19O/c1-2-3-7-10-8-5-4-6-9-11-10/h7,10H,2-6,8-9H2,1H3. The molecule has 1 aliphatic rings. The maximum absolute atomic E-state index is 5.65. The minimum absolute atomic E-state index is 0.470. The highest BCUT2D eigenvalue weighted by Gasteiger charge is 2.11. The normalized spacial score (nSPS) is 26.5. The molecule has 0 N–H and O–H groups in total. The predicted octanol–water partition coefficient (Wildman–Crippen LogP) is 2.95. The molecule has 0 bridgehead atoms. The number of unbranched alkanes of at least 4 members (excludes halogenated alkanes) is 1. The van der Waals surface area contributed by atoms with Gasteiger partial charge in [-0.3, -0.25) is 0 Å². The number of hydrogen-bond acceptors (Lipinski definition) is 1. The van der Waals surface area contributed by atoms with Crippen molar-refractivity contribution in [2.45, 2.75) is 51.6 Å². The Morgan fingerprint density at radius 3 is 3.09 bits per heavy atom. The molecule has 1 radical (unpaired) electrons. The Morgan fingerprint density at radius 2 is 2.27 bits per heavy atom. The third kappa shape index (κ3) is 3.76. The Balaban J connectivity index is 2.09. The molecule has 0 saturated carbocycles. The van der Waals surface area contributed by atoms with Gasteiger partial charge in [-0.05, 0) is 25.7 Å². The van der Waals surface area contributed by atoms with Crippen molar-refractivity contribution in [2.75, 3.05) is 6.61 Å². The molecule has 0 aromatic carbocycles. The van der Waals surface area contributed by atoms with E-state index in [9.17, 15) is 0 Å². The summed E-state index contributed by atoms with van der Waals surface area (Å²) in [5, 5.41) is 0. The van der Waals surface area contributed by atoms with E-state index < -0.39 is 0 Å². The molecule has 0 spiro atoms. The van der Waals surface area contributed by atoms with Gasteiger partial charge in [-0.15, -0.1) is 0 Å². The van der Waals surface area contributed by atoms with Gasteiger partial charge in [0.2, 0.25) is 0 Å². The smallest absolute Gasteiger partial charge is 0.0606 e. The van der Waals surface area contributed by atoms with Gasteiger partial charge in [-0.25, -0.2) is 0 Å². The molecular formula is C10H19O. The fourth-order valence-electron chi connectivity index (χ4n) is 1.48. The summed E-state index contributed by atoms with van der Waals surface area (Å²) < 4.78 is 5.65. The topological polar surface area (TPSA) is 9.23 Å². The maximum atomic E-state index is 5.65. The molecule has 1 unspecified atom stereocenters. The van der Waals surface area contributed by atoms with E-state index in [1.807, 2.05) is 0 Å². The highest BCUT2D eigenvalue weighted by atomic mass is 16.5. The Kier molecular flexibility index (Phi) is 4.60. The molecule has 1 atom stereocenters. The quantitative estimate of drug-likeness (QED) is 0.609. The number of rotatable bonds is 3. The highest BCUT2D eigenvalue weighted by molar-refractivity contribution is 4.77. The van der Waals surface area contributed by atoms with Crippen molar-refractivity contribution in [3.8, 4) is 0 Å². The molecule has 0 aromatic rings. The Bertz CT molecular complexity index is 82.9. The van der Waals surface area contributed by atoms with Crippen molar-refractivity contribution in [1.82, 2.24) is 0 Å². The van der Waals surface area contributed by atoms with Gasteiger partial charge >= 0.3 is 0 Å². The molecule has 11 heavy (non-hydrogen) atoms. The molecule has 65 valence electrons. The summed E-state index contributed by atoms with van der Waals surface area (Å²) in [6.07, 6.45) is 10.5. The first-order valence-corrected chi connectivity index (χ1v) is 4.88. The van der Waals surface area contributed by atoms with Crippen LogP contribution in [0.15, 0.2) is 0 Å². The van der Waals surface area contributed by atoms with Crippen LogP contribution in [-0.2, 0) is 4.74 Å². The second kappa shape index (κ2) is 5.59. The number of hydrogen-bond donors (Lipinski definition) is 0. The molecule has 1 rings (SSSR count). The van der Waals surface area contributed by atoms with Crippen molar-refractivity contribution < 1.29 is 4.74 Å². The lowest BCUT2D eigenvalue weighted by atomic mass is 10.1. The predicted molar refractivity (Wildman–Crippen MR) is 47.4 cm³/mol. The highest BCUT2D eigenvalue weighted by Crippen LogP contribution is 2.16. The average Bonchev–Trinajstić information content (AvgIpc) is 2.28. The van der Waals surface area contributed by atoms with Crippen LogP contribution in [0.25, 0.3) is 0 Å². The first-order valence-electron chi connectivity index (χ1n) is 4.88. The van der Waals surface area contributed by atoms with Gasteiger partial charge in [0.15, 0.2) is 0 Å². The Morgan fingerprint density at radius 1 is 1.36 bits per heavy atom. The van der Waals surface area contributed by atoms with E-state index in [0.29, 0.717) is 6.10 Å². The molecule has 0 amide bonds. The minimum Gasteiger partial charge on any atom is -0.378 e. The Labute approximate surface area is 70.1 Å². The van der Waals surface area contributed by atoms with Crippen LogP contribution in [0, 0.1) is 6.42 Å². The summed E-state index contributed by atoms with van der Waals surface area (Å²) >= 11 is 0. The van der Waals surface area contributed by atoms with Gasteiger partial charge in [-0.2, -0.15) is 0 Å². The van der Waals surface area contributed by atoms with E-state index in [-0.39, 0.29) is 0 Å². The van der Waals surface area contributed by atoms with Crippen LogP contribution < -0.4 is 0 Å². The number of ether oxygens (including phenoxy) is 1. The molecule has 1 fully saturated rings. The molecule has 1 saturated heterocycles. The van der Waals surface area contributed by atoms with Crippen molar-refractivity contribution in [3.05, 3.63) is 6.42 Å². The van der Waals surface area contributed by atoms with Crippen LogP contribution in [-0.4, -0.2) is 12.7 Å². The zero-order valence-electron chi connectivity index (χ0n) is 7.51. The van der Waals surface area contributed by atoms with Gasteiger partial charge in [0.05, 0.1) is 6.10 Å². The first kappa shape index (κ1) is 9.05. The van der Waals surface area contributed by atoms with Gasteiger partial charge in [0.25, 0.3) is 0 Å². The van der Waals surface area contributed by atoms with Gasteiger partial charge in [0, 0.05) is 6.61 Å². The van der Waals surface area contributed by atoms with E-state index in [1.54, 1.807) is 0 Å². The van der Waals surface area contributed by atoms with E-state index in [4.69, 9.17) is 4.74 Å². The molecule has 1 heterocycles. The summed E-state index contributed by atoms with van der Waals surface area (Å²) in [7, 11) is 0. The van der Waals surface area contributed by atoms with E-state index in [0.717, 1.165) is 6.61 Å². The third-order valence-electron chi connectivity index (χ3n) is 2.18. The molecular weight excluding hydrogens is 136 g/mol. The molecule has 0 aliphatic carbocycles. The molecule has 1 nitrogen and oxygen atoms in total. The third-order valence-corrected chi connectivity index (χ3v) is 2.18. The second-order valence-electron chi connectivity index (χ2n) is 3.28. The molecule has 1 aliphatic heterocycles. The first-order chi connectivity index (χ1) is 5.43. The van der Waals surface area contributed by atoms with Crippen LogP contribution in [0.5, 0.6) is 0 Å². The largest absolute Gasteiger partial charge is 0.378 e. The lowest BCUT2D eigenvalue weighted by molar-refractivity contribution is 0.0785. The fourth-order valence-corrected chi connectivity index (χ4v) is 1.48. The average molecular weight is 155 g/mol. The maximum Gasteiger partial charge on any atom is 0.0606 e. The summed E-state index contributed by atoms with van der Waals surface area (Å²) in [4.78, 5) is 0. The van der Waals surface area contributed by atoms with Crippen molar-refractivity contribution in [3.63, 3.8) is 0 Å². The molecule has 1 heteroatoms. The zero-order chi connectivity index (χ0) is 7.94. The summed E-state index contributed by atoms with van der Waals surface area (Å²) in [6.45, 7) is 3.19. The van der Waals surface area contributed by atoms with Gasteiger partial charge in [-0.1, -0.05) is 26.2 Å². The summed E-state index contributed by atoms with van der Waals surface area (Å²) in [5.74, 6) is 0. The SMILES string of the molecule is CCC[CH]C1CCCCCO1. The van der Waals surface area contributed by atoms with Crippen LogP contribution in [0.4, 0.5) is 0 Å². The van der Waals surface area contributed by atoms with E-state index in [2.05, 4.69) is 13.3 Å². The van der Waals surface area contributed by atoms with E-state index >= 15 is 0 Å². The molecule has 0 aromatic heterocycles. The van der Waals surface area contributed by atoms with Crippen molar-refractivity contribution in [1.29, 1.82) is 0 Å². The second-order valence-corrected chi connectivity index (χ2v) is 3.28. The van der Waals surface area contributed by atoms with Crippen LogP contribution in [0.1, 0.15) is 45.4 Å². The minimum atomic E-state index is 0.470. The zero-order valence-corrected chi connectivity index (χ0v) is 7.51. The van der Waals surface area contributed by atoms with Crippen LogP contribution >= 0.6 is 0 Å². The monoisotopic (exact) mass is 155 g/mol. The van der Waals surface area contributed by atoms with Crippen molar-refractivity contribution >= 4 is 0 Å². The van der Waals surface area contributed by atoms with Gasteiger partial charge in [0.1, 0.15) is 0 Å². The Hall–Kier alpha value is -0.0400. The van der Waals surface area contributed by atoms with Gasteiger partial charge < -0.3 is 4.74 Å². The fraction of sp³-hybridized carbons (Fsp3) is 0.900. The van der Waals surface area contributed by atoms with E-state index in [1.165, 1.54) is 38.5 Å². The lowest BCUT2D eigenvalue weighted by Gasteiger charge is -2.13. The summed E-state index contributed by atoms with van der Waals surface area (Å²) in [6, 6.07) is 0. The summed E-state index contributed by atoms with van der Waals surface area (Å²) in [5.41, 5.74) is 0. The van der Waals surface area contributed by atoms with Crippen LogP contribution in [0.3, 0.4) is 0 Å².